The molecule has 0 radical (unpaired) electrons. The van der Waals surface area contributed by atoms with Crippen molar-refractivity contribution in [1.29, 1.82) is 0 Å². The normalized spacial score (nSPS) is 16.8. The molecule has 3 atom stereocenters. The third-order valence-corrected chi connectivity index (χ3v) is 2.98. The van der Waals surface area contributed by atoms with E-state index >= 15 is 0 Å². The highest BCUT2D eigenvalue weighted by Gasteiger charge is 2.20. The largest absolute Gasteiger partial charge is 0.381 e. The Labute approximate surface area is 113 Å². The van der Waals surface area contributed by atoms with E-state index in [9.17, 15) is 0 Å². The van der Waals surface area contributed by atoms with Crippen LogP contribution in [0.1, 0.15) is 53.9 Å². The van der Waals surface area contributed by atoms with Crippen LogP contribution < -0.4 is 5.73 Å². The van der Waals surface area contributed by atoms with Crippen LogP contribution in [0.25, 0.3) is 0 Å². The Morgan fingerprint density at radius 2 is 1.67 bits per heavy atom. The van der Waals surface area contributed by atoms with Gasteiger partial charge in [0.25, 0.3) is 0 Å². The lowest BCUT2D eigenvalue weighted by Crippen LogP contribution is -2.32. The summed E-state index contributed by atoms with van der Waals surface area (Å²) in [4.78, 5) is 0. The number of hydrogen-bond acceptors (Lipinski definition) is 3. The highest BCUT2D eigenvalue weighted by Crippen LogP contribution is 2.18. The van der Waals surface area contributed by atoms with Crippen LogP contribution in [0.5, 0.6) is 0 Å². The van der Waals surface area contributed by atoms with Crippen molar-refractivity contribution in [2.75, 3.05) is 19.8 Å². The Bertz CT molecular complexity index is 183. The van der Waals surface area contributed by atoms with Crippen LogP contribution in [0.2, 0.25) is 0 Å². The van der Waals surface area contributed by atoms with Crippen molar-refractivity contribution in [3.63, 3.8) is 0 Å². The fraction of sp³-hybridized carbons (Fsp3) is 1.00. The van der Waals surface area contributed by atoms with Gasteiger partial charge in [-0.05, 0) is 25.7 Å². The summed E-state index contributed by atoms with van der Waals surface area (Å²) in [6, 6.07) is 0.110. The fourth-order valence-electron chi connectivity index (χ4n) is 1.96. The summed E-state index contributed by atoms with van der Waals surface area (Å²) >= 11 is 0. The zero-order chi connectivity index (χ0) is 14.0. The second-order valence-corrected chi connectivity index (χ2v) is 5.74. The molecule has 3 unspecified atom stereocenters. The van der Waals surface area contributed by atoms with Gasteiger partial charge in [-0.15, -0.1) is 0 Å². The predicted octanol–water partition coefficient (Wildman–Crippen LogP) is 3.22. The lowest BCUT2D eigenvalue weighted by molar-refractivity contribution is -0.0350. The quantitative estimate of drug-likeness (QED) is 0.619. The van der Waals surface area contributed by atoms with Gasteiger partial charge in [0.05, 0.1) is 19.3 Å². The van der Waals surface area contributed by atoms with Crippen molar-refractivity contribution in [2.45, 2.75) is 66.0 Å². The van der Waals surface area contributed by atoms with Crippen LogP contribution in [0.4, 0.5) is 0 Å². The Hall–Kier alpha value is -0.120. The second-order valence-electron chi connectivity index (χ2n) is 5.74. The summed E-state index contributed by atoms with van der Waals surface area (Å²) in [6.45, 7) is 13.0. The second kappa shape index (κ2) is 10.8. The van der Waals surface area contributed by atoms with Gasteiger partial charge in [-0.25, -0.2) is 0 Å². The lowest BCUT2D eigenvalue weighted by Gasteiger charge is -2.27. The van der Waals surface area contributed by atoms with Crippen LogP contribution in [-0.2, 0) is 9.47 Å². The average molecular weight is 259 g/mol. The number of ether oxygens (including phenoxy) is 2. The van der Waals surface area contributed by atoms with Gasteiger partial charge >= 0.3 is 0 Å². The van der Waals surface area contributed by atoms with Gasteiger partial charge in [-0.1, -0.05) is 34.1 Å². The van der Waals surface area contributed by atoms with Crippen molar-refractivity contribution < 1.29 is 9.47 Å². The molecular weight excluding hydrogens is 226 g/mol. The van der Waals surface area contributed by atoms with Crippen molar-refractivity contribution in [1.82, 2.24) is 0 Å². The minimum atomic E-state index is 0.110. The molecular formula is C15H33NO2. The fourth-order valence-corrected chi connectivity index (χ4v) is 1.96. The first-order chi connectivity index (χ1) is 8.51. The Morgan fingerprint density at radius 1 is 1.00 bits per heavy atom. The van der Waals surface area contributed by atoms with Crippen molar-refractivity contribution in [3.05, 3.63) is 0 Å². The van der Waals surface area contributed by atoms with Gasteiger partial charge in [0.15, 0.2) is 0 Å². The van der Waals surface area contributed by atoms with Crippen LogP contribution in [-0.4, -0.2) is 32.0 Å². The summed E-state index contributed by atoms with van der Waals surface area (Å²) in [6.07, 6.45) is 3.63. The molecule has 0 bridgehead atoms. The summed E-state index contributed by atoms with van der Waals surface area (Å²) in [5.74, 6) is 1.08. The predicted molar refractivity (Wildman–Crippen MR) is 77.7 cm³/mol. The SMILES string of the molecule is CCCC(OCC(C)N)C(CC)COCC(C)C. The molecule has 0 saturated carbocycles. The van der Waals surface area contributed by atoms with Crippen molar-refractivity contribution in [3.8, 4) is 0 Å². The smallest absolute Gasteiger partial charge is 0.0625 e. The minimum absolute atomic E-state index is 0.110. The maximum absolute atomic E-state index is 5.95. The van der Waals surface area contributed by atoms with Gasteiger partial charge in [-0.2, -0.15) is 0 Å². The molecule has 0 aromatic carbocycles. The van der Waals surface area contributed by atoms with Gasteiger partial charge in [0.1, 0.15) is 0 Å². The summed E-state index contributed by atoms with van der Waals surface area (Å²) in [7, 11) is 0. The number of rotatable bonds is 11. The van der Waals surface area contributed by atoms with Crippen LogP contribution in [0.15, 0.2) is 0 Å². The minimum Gasteiger partial charge on any atom is -0.381 e. The van der Waals surface area contributed by atoms with E-state index in [2.05, 4.69) is 27.7 Å². The molecule has 0 aliphatic rings. The van der Waals surface area contributed by atoms with Crippen molar-refractivity contribution >= 4 is 0 Å². The highest BCUT2D eigenvalue weighted by atomic mass is 16.5. The molecule has 0 aliphatic heterocycles. The maximum atomic E-state index is 5.95. The van der Waals surface area contributed by atoms with Crippen LogP contribution in [0, 0.1) is 11.8 Å². The lowest BCUT2D eigenvalue weighted by atomic mass is 9.96. The summed E-state index contributed by atoms with van der Waals surface area (Å²) in [5.41, 5.74) is 5.76. The Kier molecular flexibility index (Phi) is 10.7. The van der Waals surface area contributed by atoms with E-state index in [4.69, 9.17) is 15.2 Å². The molecule has 0 saturated heterocycles. The average Bonchev–Trinajstić information content (AvgIpc) is 2.30. The van der Waals surface area contributed by atoms with Gasteiger partial charge < -0.3 is 15.2 Å². The molecule has 0 heterocycles. The topological polar surface area (TPSA) is 44.5 Å². The van der Waals surface area contributed by atoms with E-state index in [1.54, 1.807) is 0 Å². The molecule has 0 fully saturated rings. The maximum Gasteiger partial charge on any atom is 0.0625 e. The van der Waals surface area contributed by atoms with E-state index < -0.39 is 0 Å². The molecule has 0 aromatic heterocycles. The molecule has 18 heavy (non-hydrogen) atoms. The molecule has 0 spiro atoms. The third kappa shape index (κ3) is 8.90. The number of hydrogen-bond donors (Lipinski definition) is 1. The Balaban J connectivity index is 4.14. The first-order valence-corrected chi connectivity index (χ1v) is 7.46. The van der Waals surface area contributed by atoms with E-state index in [1.165, 1.54) is 0 Å². The van der Waals surface area contributed by atoms with E-state index in [0.29, 0.717) is 18.4 Å². The highest BCUT2D eigenvalue weighted by molar-refractivity contribution is 4.70. The molecule has 3 nitrogen and oxygen atoms in total. The summed E-state index contributed by atoms with van der Waals surface area (Å²) < 4.78 is 11.7. The molecule has 0 rings (SSSR count). The van der Waals surface area contributed by atoms with Crippen LogP contribution >= 0.6 is 0 Å². The van der Waals surface area contributed by atoms with Crippen LogP contribution in [0.3, 0.4) is 0 Å². The molecule has 110 valence electrons. The molecule has 3 heteroatoms. The zero-order valence-electron chi connectivity index (χ0n) is 12.9. The third-order valence-electron chi connectivity index (χ3n) is 2.98. The van der Waals surface area contributed by atoms with E-state index in [-0.39, 0.29) is 12.1 Å². The Morgan fingerprint density at radius 3 is 2.11 bits per heavy atom. The monoisotopic (exact) mass is 259 g/mol. The van der Waals surface area contributed by atoms with Gasteiger partial charge in [0, 0.05) is 18.6 Å². The molecule has 0 amide bonds. The molecule has 2 N–H and O–H groups in total. The zero-order valence-corrected chi connectivity index (χ0v) is 12.9. The summed E-state index contributed by atoms with van der Waals surface area (Å²) in [5, 5.41) is 0. The first kappa shape index (κ1) is 17.9. The van der Waals surface area contributed by atoms with E-state index in [1.807, 2.05) is 6.92 Å². The van der Waals surface area contributed by atoms with E-state index in [0.717, 1.165) is 32.5 Å². The molecule has 0 aliphatic carbocycles. The molecule has 0 aromatic rings. The van der Waals surface area contributed by atoms with Crippen molar-refractivity contribution in [2.24, 2.45) is 17.6 Å². The van der Waals surface area contributed by atoms with Gasteiger partial charge in [0.2, 0.25) is 0 Å². The number of nitrogens with two attached hydrogens (primary N) is 1. The standard InChI is InChI=1S/C15H33NO2/c1-6-8-15(18-10-13(5)16)14(7-2)11-17-9-12(3)4/h12-15H,6-11,16H2,1-5H3. The van der Waals surface area contributed by atoms with Gasteiger partial charge in [-0.3, -0.25) is 0 Å². The first-order valence-electron chi connectivity index (χ1n) is 7.46.